The quantitative estimate of drug-likeness (QED) is 0.875. The third-order valence-electron chi connectivity index (χ3n) is 3.39. The molecular weight excluding hydrogens is 302 g/mol. The van der Waals surface area contributed by atoms with Crippen LogP contribution in [0.2, 0.25) is 0 Å². The van der Waals surface area contributed by atoms with Gasteiger partial charge in [-0.2, -0.15) is 0 Å². The van der Waals surface area contributed by atoms with Gasteiger partial charge < -0.3 is 10.5 Å². The van der Waals surface area contributed by atoms with Crippen molar-refractivity contribution in [3.63, 3.8) is 0 Å². The third-order valence-corrected chi connectivity index (χ3v) is 4.91. The van der Waals surface area contributed by atoms with E-state index in [0.717, 1.165) is 12.1 Å². The Balaban J connectivity index is 2.29. The van der Waals surface area contributed by atoms with E-state index < -0.39 is 26.6 Å². The normalized spacial score (nSPS) is 23.2. The first kappa shape index (κ1) is 16.3. The summed E-state index contributed by atoms with van der Waals surface area (Å²) >= 11 is 0. The molecule has 1 aromatic rings. The van der Waals surface area contributed by atoms with Crippen molar-refractivity contribution < 1.29 is 21.9 Å². The van der Waals surface area contributed by atoms with Gasteiger partial charge in [-0.15, -0.1) is 0 Å². The standard InChI is InChI=1S/C13H18F2N2O3S/c1-8-4-10(2-3-20-8)17-21(18,19)12-6-9(7-16)5-11(14)13(12)15/h5-6,8,10,17H,2-4,7,16H2,1H3. The van der Waals surface area contributed by atoms with E-state index in [1.807, 2.05) is 6.92 Å². The molecule has 0 radical (unpaired) electrons. The second-order valence-corrected chi connectivity index (χ2v) is 6.80. The van der Waals surface area contributed by atoms with Crippen LogP contribution in [0.5, 0.6) is 0 Å². The van der Waals surface area contributed by atoms with Gasteiger partial charge in [0.05, 0.1) is 6.10 Å². The molecule has 0 aromatic heterocycles. The maximum atomic E-state index is 13.8. The minimum Gasteiger partial charge on any atom is -0.378 e. The Morgan fingerprint density at radius 3 is 2.76 bits per heavy atom. The number of hydrogen-bond acceptors (Lipinski definition) is 4. The van der Waals surface area contributed by atoms with Gasteiger partial charge in [0, 0.05) is 19.2 Å². The smallest absolute Gasteiger partial charge is 0.243 e. The summed E-state index contributed by atoms with van der Waals surface area (Å²) in [5.74, 6) is -2.61. The average Bonchev–Trinajstić information content (AvgIpc) is 2.41. The molecule has 1 aliphatic heterocycles. The highest BCUT2D eigenvalue weighted by atomic mass is 32.2. The highest BCUT2D eigenvalue weighted by Crippen LogP contribution is 2.22. The van der Waals surface area contributed by atoms with Crippen LogP contribution in [0.1, 0.15) is 25.3 Å². The van der Waals surface area contributed by atoms with Crippen molar-refractivity contribution in [2.24, 2.45) is 5.73 Å². The van der Waals surface area contributed by atoms with E-state index in [0.29, 0.717) is 19.4 Å². The van der Waals surface area contributed by atoms with Crippen LogP contribution in [0.15, 0.2) is 17.0 Å². The molecule has 2 rings (SSSR count). The molecule has 1 heterocycles. The summed E-state index contributed by atoms with van der Waals surface area (Å²) in [6.07, 6.45) is 0.896. The lowest BCUT2D eigenvalue weighted by Crippen LogP contribution is -2.41. The van der Waals surface area contributed by atoms with E-state index in [9.17, 15) is 17.2 Å². The molecule has 1 saturated heterocycles. The number of nitrogens with two attached hydrogens (primary N) is 1. The molecule has 3 N–H and O–H groups in total. The fourth-order valence-corrected chi connectivity index (χ4v) is 3.74. The zero-order chi connectivity index (χ0) is 15.6. The number of hydrogen-bond donors (Lipinski definition) is 2. The van der Waals surface area contributed by atoms with E-state index in [1.165, 1.54) is 0 Å². The molecule has 0 aliphatic carbocycles. The van der Waals surface area contributed by atoms with Crippen LogP contribution in [-0.4, -0.2) is 27.2 Å². The van der Waals surface area contributed by atoms with E-state index >= 15 is 0 Å². The maximum Gasteiger partial charge on any atom is 0.243 e. The van der Waals surface area contributed by atoms with Crippen molar-refractivity contribution in [1.29, 1.82) is 0 Å². The van der Waals surface area contributed by atoms with Crippen LogP contribution in [0.4, 0.5) is 8.78 Å². The van der Waals surface area contributed by atoms with Crippen molar-refractivity contribution in [2.75, 3.05) is 6.61 Å². The Bertz CT molecular complexity index is 622. The van der Waals surface area contributed by atoms with E-state index in [4.69, 9.17) is 10.5 Å². The molecule has 8 heteroatoms. The van der Waals surface area contributed by atoms with Gasteiger partial charge in [-0.25, -0.2) is 21.9 Å². The van der Waals surface area contributed by atoms with Crippen LogP contribution in [0.25, 0.3) is 0 Å². The van der Waals surface area contributed by atoms with Crippen molar-refractivity contribution in [2.45, 2.75) is 43.4 Å². The van der Waals surface area contributed by atoms with Gasteiger partial charge in [-0.1, -0.05) is 0 Å². The number of rotatable bonds is 4. The molecule has 1 fully saturated rings. The van der Waals surface area contributed by atoms with Crippen LogP contribution in [0, 0.1) is 11.6 Å². The summed E-state index contributed by atoms with van der Waals surface area (Å²) in [7, 11) is -4.15. The van der Waals surface area contributed by atoms with Gasteiger partial charge >= 0.3 is 0 Å². The number of benzene rings is 1. The fourth-order valence-electron chi connectivity index (χ4n) is 2.32. The van der Waals surface area contributed by atoms with Crippen LogP contribution < -0.4 is 10.5 Å². The number of sulfonamides is 1. The average molecular weight is 320 g/mol. The Hall–Kier alpha value is -1.09. The van der Waals surface area contributed by atoms with Gasteiger partial charge in [0.2, 0.25) is 10.0 Å². The highest BCUT2D eigenvalue weighted by Gasteiger charge is 2.28. The van der Waals surface area contributed by atoms with Crippen molar-refractivity contribution in [3.8, 4) is 0 Å². The summed E-state index contributed by atoms with van der Waals surface area (Å²) in [6.45, 7) is 2.18. The van der Waals surface area contributed by atoms with Crippen molar-refractivity contribution in [1.82, 2.24) is 4.72 Å². The first-order chi connectivity index (χ1) is 9.83. The number of nitrogens with one attached hydrogen (secondary N) is 1. The van der Waals surface area contributed by atoms with E-state index in [1.54, 1.807) is 0 Å². The van der Waals surface area contributed by atoms with Gasteiger partial charge in [-0.3, -0.25) is 0 Å². The number of ether oxygens (including phenoxy) is 1. The minimum absolute atomic E-state index is 0.0754. The summed E-state index contributed by atoms with van der Waals surface area (Å²) in [5.41, 5.74) is 5.58. The monoisotopic (exact) mass is 320 g/mol. The van der Waals surface area contributed by atoms with E-state index in [-0.39, 0.29) is 24.3 Å². The molecule has 0 amide bonds. The summed E-state index contributed by atoms with van der Waals surface area (Å²) in [4.78, 5) is -0.706. The van der Waals surface area contributed by atoms with Crippen LogP contribution in [0.3, 0.4) is 0 Å². The second kappa shape index (κ2) is 6.35. The Kier molecular flexibility index (Phi) is 4.92. The van der Waals surface area contributed by atoms with E-state index in [2.05, 4.69) is 4.72 Å². The predicted octanol–water partition coefficient (Wildman–Crippen LogP) is 1.27. The lowest BCUT2D eigenvalue weighted by atomic mass is 10.1. The summed E-state index contributed by atoms with van der Waals surface area (Å²) < 4.78 is 59.5. The molecule has 0 bridgehead atoms. The molecule has 2 atom stereocenters. The first-order valence-electron chi connectivity index (χ1n) is 6.65. The zero-order valence-electron chi connectivity index (χ0n) is 11.6. The molecule has 0 spiro atoms. The first-order valence-corrected chi connectivity index (χ1v) is 8.13. The van der Waals surface area contributed by atoms with Gasteiger partial charge in [0.25, 0.3) is 0 Å². The second-order valence-electron chi connectivity index (χ2n) is 5.12. The van der Waals surface area contributed by atoms with Crippen molar-refractivity contribution in [3.05, 3.63) is 29.3 Å². The topological polar surface area (TPSA) is 81.4 Å². The summed E-state index contributed by atoms with van der Waals surface area (Å²) in [6, 6.07) is 1.59. The zero-order valence-corrected chi connectivity index (χ0v) is 12.4. The third kappa shape index (κ3) is 3.76. The van der Waals surface area contributed by atoms with Gasteiger partial charge in [0.15, 0.2) is 11.6 Å². The van der Waals surface area contributed by atoms with Gasteiger partial charge in [0.1, 0.15) is 4.90 Å². The number of halogens is 2. The molecule has 118 valence electrons. The predicted molar refractivity (Wildman–Crippen MR) is 73.0 cm³/mol. The molecular formula is C13H18F2N2O3S. The Morgan fingerprint density at radius 2 is 2.14 bits per heavy atom. The lowest BCUT2D eigenvalue weighted by Gasteiger charge is -2.27. The fraction of sp³-hybridized carbons (Fsp3) is 0.538. The minimum atomic E-state index is -4.15. The SMILES string of the molecule is CC1CC(NS(=O)(=O)c2cc(CN)cc(F)c2F)CCO1. The van der Waals surface area contributed by atoms with Crippen LogP contribution >= 0.6 is 0 Å². The Morgan fingerprint density at radius 1 is 1.43 bits per heavy atom. The highest BCUT2D eigenvalue weighted by molar-refractivity contribution is 7.89. The molecule has 21 heavy (non-hydrogen) atoms. The molecule has 1 aromatic carbocycles. The molecule has 2 unspecified atom stereocenters. The lowest BCUT2D eigenvalue weighted by molar-refractivity contribution is 0.0173. The Labute approximate surface area is 122 Å². The van der Waals surface area contributed by atoms with Crippen molar-refractivity contribution >= 4 is 10.0 Å². The molecule has 0 saturated carbocycles. The van der Waals surface area contributed by atoms with Gasteiger partial charge in [-0.05, 0) is 37.5 Å². The summed E-state index contributed by atoms with van der Waals surface area (Å²) in [5, 5.41) is 0. The maximum absolute atomic E-state index is 13.8. The molecule has 5 nitrogen and oxygen atoms in total. The van der Waals surface area contributed by atoms with Crippen LogP contribution in [-0.2, 0) is 21.3 Å². The largest absolute Gasteiger partial charge is 0.378 e. The molecule has 1 aliphatic rings.